The minimum absolute atomic E-state index is 0.168. The predicted octanol–water partition coefficient (Wildman–Crippen LogP) is 3.28. The van der Waals surface area contributed by atoms with E-state index in [1.165, 1.54) is 0 Å². The van der Waals surface area contributed by atoms with E-state index in [0.29, 0.717) is 28.1 Å². The number of hydrogen-bond donors (Lipinski definition) is 1. The van der Waals surface area contributed by atoms with Crippen LogP contribution in [0.1, 0.15) is 11.4 Å². The highest BCUT2D eigenvalue weighted by molar-refractivity contribution is 6.36. The van der Waals surface area contributed by atoms with Crippen molar-refractivity contribution in [1.29, 1.82) is 0 Å². The largest absolute Gasteiger partial charge is 0.388 e. The van der Waals surface area contributed by atoms with Gasteiger partial charge in [-0.2, -0.15) is 0 Å². The molecule has 3 aromatic rings. The number of benzene rings is 1. The van der Waals surface area contributed by atoms with Crippen LogP contribution < -0.4 is 0 Å². The first-order chi connectivity index (χ1) is 9.70. The molecule has 102 valence electrons. The fourth-order valence-electron chi connectivity index (χ4n) is 2.13. The van der Waals surface area contributed by atoms with Gasteiger partial charge in [-0.15, -0.1) is 0 Å². The second-order valence-corrected chi connectivity index (χ2v) is 5.13. The number of fused-ring (bicyclic) bond motifs is 1. The fourth-order valence-corrected chi connectivity index (χ4v) is 2.65. The Hall–Kier alpha value is -1.62. The standard InChI is InChI=1S/C14H11Cl2N3O/c15-10-3-1-4-11(16)9(10)7-19-13(8-20)18-12-5-2-6-17-14(12)19/h1-6,20H,7-8H2. The van der Waals surface area contributed by atoms with Crippen molar-refractivity contribution >= 4 is 34.4 Å². The van der Waals surface area contributed by atoms with E-state index in [1.807, 2.05) is 16.7 Å². The molecule has 6 heteroatoms. The number of aromatic nitrogens is 3. The molecule has 0 saturated carbocycles. The molecule has 0 aliphatic carbocycles. The number of halogens is 2. The van der Waals surface area contributed by atoms with Gasteiger partial charge in [0.25, 0.3) is 0 Å². The summed E-state index contributed by atoms with van der Waals surface area (Å²) >= 11 is 12.4. The first-order valence-electron chi connectivity index (χ1n) is 6.04. The van der Waals surface area contributed by atoms with Crippen LogP contribution in [-0.4, -0.2) is 19.6 Å². The van der Waals surface area contributed by atoms with Crippen LogP contribution >= 0.6 is 23.2 Å². The molecule has 2 heterocycles. The fraction of sp³-hybridized carbons (Fsp3) is 0.143. The topological polar surface area (TPSA) is 50.9 Å². The maximum Gasteiger partial charge on any atom is 0.160 e. The van der Waals surface area contributed by atoms with E-state index >= 15 is 0 Å². The van der Waals surface area contributed by atoms with Crippen LogP contribution in [0.2, 0.25) is 10.0 Å². The molecule has 0 fully saturated rings. The normalized spacial score (nSPS) is 11.2. The smallest absolute Gasteiger partial charge is 0.160 e. The van der Waals surface area contributed by atoms with Crippen molar-refractivity contribution in [1.82, 2.24) is 14.5 Å². The van der Waals surface area contributed by atoms with Crippen molar-refractivity contribution in [2.75, 3.05) is 0 Å². The maximum atomic E-state index is 9.46. The Morgan fingerprint density at radius 1 is 1.10 bits per heavy atom. The Morgan fingerprint density at radius 2 is 1.85 bits per heavy atom. The van der Waals surface area contributed by atoms with Gasteiger partial charge in [-0.25, -0.2) is 9.97 Å². The van der Waals surface area contributed by atoms with E-state index in [9.17, 15) is 5.11 Å². The highest BCUT2D eigenvalue weighted by Gasteiger charge is 2.14. The number of rotatable bonds is 3. The van der Waals surface area contributed by atoms with Gasteiger partial charge in [0.15, 0.2) is 5.65 Å². The molecule has 0 radical (unpaired) electrons. The van der Waals surface area contributed by atoms with Crippen LogP contribution in [0.15, 0.2) is 36.5 Å². The Balaban J connectivity index is 2.15. The third kappa shape index (κ3) is 2.26. The Bertz CT molecular complexity index is 750. The van der Waals surface area contributed by atoms with E-state index < -0.39 is 0 Å². The third-order valence-electron chi connectivity index (χ3n) is 3.10. The zero-order valence-electron chi connectivity index (χ0n) is 10.4. The number of imidazole rings is 1. The molecule has 3 rings (SSSR count). The number of aliphatic hydroxyl groups is 1. The lowest BCUT2D eigenvalue weighted by Gasteiger charge is -2.10. The molecule has 0 unspecified atom stereocenters. The van der Waals surface area contributed by atoms with Crippen LogP contribution in [0.3, 0.4) is 0 Å². The molecular formula is C14H11Cl2N3O. The van der Waals surface area contributed by atoms with Gasteiger partial charge in [0.1, 0.15) is 17.9 Å². The van der Waals surface area contributed by atoms with Gasteiger partial charge in [-0.3, -0.25) is 0 Å². The van der Waals surface area contributed by atoms with Gasteiger partial charge in [0.2, 0.25) is 0 Å². The lowest BCUT2D eigenvalue weighted by Crippen LogP contribution is -2.06. The highest BCUT2D eigenvalue weighted by Crippen LogP contribution is 2.27. The summed E-state index contributed by atoms with van der Waals surface area (Å²) in [6.07, 6.45) is 1.69. The molecule has 2 aromatic heterocycles. The summed E-state index contributed by atoms with van der Waals surface area (Å²) in [5.41, 5.74) is 2.22. The van der Waals surface area contributed by atoms with Crippen molar-refractivity contribution in [2.24, 2.45) is 0 Å². The first-order valence-corrected chi connectivity index (χ1v) is 6.80. The average molecular weight is 308 g/mol. The Kier molecular flexibility index (Phi) is 3.61. The first kappa shape index (κ1) is 13.4. The van der Waals surface area contributed by atoms with E-state index in [2.05, 4.69) is 9.97 Å². The van der Waals surface area contributed by atoms with Crippen LogP contribution in [0.25, 0.3) is 11.2 Å². The van der Waals surface area contributed by atoms with E-state index in [-0.39, 0.29) is 6.61 Å². The second kappa shape index (κ2) is 5.40. The minimum Gasteiger partial charge on any atom is -0.388 e. The summed E-state index contributed by atoms with van der Waals surface area (Å²) in [4.78, 5) is 8.66. The summed E-state index contributed by atoms with van der Waals surface area (Å²) in [6, 6.07) is 9.03. The van der Waals surface area contributed by atoms with Gasteiger partial charge in [0.05, 0.1) is 6.54 Å². The van der Waals surface area contributed by atoms with E-state index in [4.69, 9.17) is 23.2 Å². The van der Waals surface area contributed by atoms with Gasteiger partial charge in [0, 0.05) is 21.8 Å². The summed E-state index contributed by atoms with van der Waals surface area (Å²) in [7, 11) is 0. The molecule has 0 aliphatic rings. The monoisotopic (exact) mass is 307 g/mol. The lowest BCUT2D eigenvalue weighted by molar-refractivity contribution is 0.267. The highest BCUT2D eigenvalue weighted by atomic mass is 35.5. The number of nitrogens with zero attached hydrogens (tertiary/aromatic N) is 3. The summed E-state index contributed by atoms with van der Waals surface area (Å²) in [5.74, 6) is 0.537. The molecule has 0 bridgehead atoms. The van der Waals surface area contributed by atoms with Crippen LogP contribution in [0, 0.1) is 0 Å². The van der Waals surface area contributed by atoms with Crippen molar-refractivity contribution in [3.63, 3.8) is 0 Å². The lowest BCUT2D eigenvalue weighted by atomic mass is 10.2. The zero-order valence-corrected chi connectivity index (χ0v) is 11.9. The quantitative estimate of drug-likeness (QED) is 0.808. The summed E-state index contributed by atoms with van der Waals surface area (Å²) in [5, 5.41) is 10.6. The van der Waals surface area contributed by atoms with Crippen LogP contribution in [0.5, 0.6) is 0 Å². The van der Waals surface area contributed by atoms with Crippen molar-refractivity contribution in [2.45, 2.75) is 13.2 Å². The number of hydrogen-bond acceptors (Lipinski definition) is 3. The van der Waals surface area contributed by atoms with Crippen LogP contribution in [-0.2, 0) is 13.2 Å². The van der Waals surface area contributed by atoms with Crippen molar-refractivity contribution in [3.8, 4) is 0 Å². The molecule has 0 spiro atoms. The SMILES string of the molecule is OCc1nc2cccnc2n1Cc1c(Cl)cccc1Cl. The molecule has 1 aromatic carbocycles. The third-order valence-corrected chi connectivity index (χ3v) is 3.81. The molecule has 0 amide bonds. The van der Waals surface area contributed by atoms with Crippen LogP contribution in [0.4, 0.5) is 0 Å². The molecule has 4 nitrogen and oxygen atoms in total. The molecule has 0 atom stereocenters. The molecule has 1 N–H and O–H groups in total. The number of aliphatic hydroxyl groups excluding tert-OH is 1. The Labute approximate surface area is 125 Å². The van der Waals surface area contributed by atoms with Crippen molar-refractivity contribution in [3.05, 3.63) is 58.0 Å². The maximum absolute atomic E-state index is 9.46. The zero-order chi connectivity index (χ0) is 14.1. The second-order valence-electron chi connectivity index (χ2n) is 4.32. The van der Waals surface area contributed by atoms with Gasteiger partial charge in [-0.1, -0.05) is 29.3 Å². The minimum atomic E-state index is -0.168. The summed E-state index contributed by atoms with van der Waals surface area (Å²) in [6.45, 7) is 0.250. The predicted molar refractivity (Wildman–Crippen MR) is 79.0 cm³/mol. The number of pyridine rings is 1. The van der Waals surface area contributed by atoms with Gasteiger partial charge in [-0.05, 0) is 24.3 Å². The van der Waals surface area contributed by atoms with E-state index in [1.54, 1.807) is 24.4 Å². The molecule has 20 heavy (non-hydrogen) atoms. The van der Waals surface area contributed by atoms with Gasteiger partial charge >= 0.3 is 0 Å². The van der Waals surface area contributed by atoms with Crippen molar-refractivity contribution < 1.29 is 5.11 Å². The van der Waals surface area contributed by atoms with E-state index in [0.717, 1.165) is 11.1 Å². The molecule has 0 saturated heterocycles. The average Bonchev–Trinajstić information content (AvgIpc) is 2.81. The Morgan fingerprint density at radius 3 is 2.55 bits per heavy atom. The summed E-state index contributed by atoms with van der Waals surface area (Å²) < 4.78 is 1.82. The molecule has 0 aliphatic heterocycles. The van der Waals surface area contributed by atoms with Gasteiger partial charge < -0.3 is 9.67 Å². The molecular weight excluding hydrogens is 297 g/mol.